The zero-order valence-corrected chi connectivity index (χ0v) is 14.9. The number of aromatic nitrogens is 3. The molecule has 9 heteroatoms. The zero-order valence-electron chi connectivity index (χ0n) is 14.2. The van der Waals surface area contributed by atoms with Gasteiger partial charge in [0.2, 0.25) is 5.95 Å². The van der Waals surface area contributed by atoms with Crippen molar-refractivity contribution >= 4 is 23.5 Å². The average Bonchev–Trinajstić information content (AvgIpc) is 3.06. The van der Waals surface area contributed by atoms with E-state index in [1.807, 2.05) is 0 Å². The Labute approximate surface area is 149 Å². The molecule has 8 nitrogen and oxygen atoms in total. The van der Waals surface area contributed by atoms with Gasteiger partial charge in [0.05, 0.1) is 31.9 Å². The largest absolute Gasteiger partial charge is 0.493 e. The average molecular weight is 365 g/mol. The van der Waals surface area contributed by atoms with E-state index >= 15 is 0 Å². The molecule has 2 heterocycles. The van der Waals surface area contributed by atoms with Crippen LogP contribution >= 0.6 is 11.6 Å². The predicted molar refractivity (Wildman–Crippen MR) is 91.1 cm³/mol. The summed E-state index contributed by atoms with van der Waals surface area (Å²) in [6, 6.07) is 2.90. The van der Waals surface area contributed by atoms with Crippen LogP contribution in [0.3, 0.4) is 0 Å². The van der Waals surface area contributed by atoms with E-state index in [1.165, 1.54) is 27.7 Å². The molecular weight excluding hydrogens is 348 g/mol. The fourth-order valence-electron chi connectivity index (χ4n) is 2.87. The molecule has 1 aromatic heterocycles. The number of carbonyl (C=O) groups is 1. The number of ether oxygens (including phenoxy) is 3. The van der Waals surface area contributed by atoms with Gasteiger partial charge in [-0.05, 0) is 24.6 Å². The van der Waals surface area contributed by atoms with E-state index in [0.29, 0.717) is 39.3 Å². The molecule has 1 aliphatic rings. The fourth-order valence-corrected chi connectivity index (χ4v) is 3.17. The van der Waals surface area contributed by atoms with Crippen molar-refractivity contribution in [2.75, 3.05) is 26.6 Å². The Balaban J connectivity index is 2.23. The van der Waals surface area contributed by atoms with Crippen molar-refractivity contribution in [2.24, 2.45) is 0 Å². The number of methoxy groups -OCH3 is 3. The molecule has 3 rings (SSSR count). The third kappa shape index (κ3) is 2.78. The summed E-state index contributed by atoms with van der Waals surface area (Å²) in [7, 11) is 4.36. The number of rotatable bonds is 4. The van der Waals surface area contributed by atoms with E-state index in [1.54, 1.807) is 23.7 Å². The lowest BCUT2D eigenvalue weighted by atomic mass is 9.95. The minimum absolute atomic E-state index is 0.360. The van der Waals surface area contributed by atoms with Crippen molar-refractivity contribution in [3.05, 3.63) is 40.3 Å². The maximum absolute atomic E-state index is 12.4. The fraction of sp³-hybridized carbons (Fsp3) is 0.312. The first-order valence-corrected chi connectivity index (χ1v) is 7.76. The van der Waals surface area contributed by atoms with Gasteiger partial charge in [-0.1, -0.05) is 11.6 Å². The second-order valence-electron chi connectivity index (χ2n) is 5.32. The number of carbonyl (C=O) groups excluding carboxylic acids is 1. The molecule has 132 valence electrons. The molecule has 0 saturated heterocycles. The molecule has 1 aromatic carbocycles. The first kappa shape index (κ1) is 17.1. The molecule has 0 amide bonds. The third-order valence-electron chi connectivity index (χ3n) is 3.97. The molecule has 1 aliphatic heterocycles. The van der Waals surface area contributed by atoms with Gasteiger partial charge in [-0.25, -0.2) is 9.48 Å². The van der Waals surface area contributed by atoms with Gasteiger partial charge in [-0.2, -0.15) is 10.1 Å². The van der Waals surface area contributed by atoms with E-state index in [-0.39, 0.29) is 0 Å². The first-order chi connectivity index (χ1) is 12.0. The molecule has 0 spiro atoms. The van der Waals surface area contributed by atoms with Gasteiger partial charge in [0.1, 0.15) is 12.4 Å². The van der Waals surface area contributed by atoms with E-state index < -0.39 is 12.0 Å². The molecule has 1 N–H and O–H groups in total. The Morgan fingerprint density at radius 2 is 2.04 bits per heavy atom. The van der Waals surface area contributed by atoms with Crippen molar-refractivity contribution in [3.63, 3.8) is 0 Å². The number of fused-ring (bicyclic) bond motifs is 1. The Morgan fingerprint density at radius 1 is 1.28 bits per heavy atom. The highest BCUT2D eigenvalue weighted by molar-refractivity contribution is 6.32. The van der Waals surface area contributed by atoms with E-state index in [0.717, 1.165) is 0 Å². The predicted octanol–water partition coefficient (Wildman–Crippen LogP) is 2.41. The molecule has 0 aliphatic carbocycles. The lowest BCUT2D eigenvalue weighted by Gasteiger charge is -2.28. The first-order valence-electron chi connectivity index (χ1n) is 7.38. The number of nitrogens with zero attached hydrogens (tertiary/aromatic N) is 3. The van der Waals surface area contributed by atoms with Gasteiger partial charge in [0.25, 0.3) is 0 Å². The molecule has 2 aromatic rings. The molecule has 1 unspecified atom stereocenters. The lowest BCUT2D eigenvalue weighted by molar-refractivity contribution is -0.136. The molecule has 25 heavy (non-hydrogen) atoms. The Hall–Kier alpha value is -2.74. The SMILES string of the molecule is COC(=O)C1=C(C)Nc2ncnn2C1c1cc(Cl)c(OC)c(OC)c1. The van der Waals surface area contributed by atoms with Crippen LogP contribution in [-0.2, 0) is 9.53 Å². The molecule has 0 saturated carbocycles. The van der Waals surface area contributed by atoms with Crippen LogP contribution in [0.4, 0.5) is 5.95 Å². The van der Waals surface area contributed by atoms with Crippen molar-refractivity contribution in [1.82, 2.24) is 14.8 Å². The highest BCUT2D eigenvalue weighted by Crippen LogP contribution is 2.42. The maximum Gasteiger partial charge on any atom is 0.338 e. The van der Waals surface area contributed by atoms with Crippen molar-refractivity contribution in [3.8, 4) is 11.5 Å². The normalized spacial score (nSPS) is 16.1. The smallest absolute Gasteiger partial charge is 0.338 e. The number of anilines is 1. The monoisotopic (exact) mass is 364 g/mol. The van der Waals surface area contributed by atoms with E-state index in [9.17, 15) is 4.79 Å². The number of hydrogen-bond acceptors (Lipinski definition) is 7. The maximum atomic E-state index is 12.4. The summed E-state index contributed by atoms with van der Waals surface area (Å²) in [5.41, 5.74) is 1.72. The second-order valence-corrected chi connectivity index (χ2v) is 5.73. The minimum atomic E-state index is -0.566. The van der Waals surface area contributed by atoms with Gasteiger partial charge in [-0.3, -0.25) is 0 Å². The van der Waals surface area contributed by atoms with Crippen molar-refractivity contribution in [2.45, 2.75) is 13.0 Å². The van der Waals surface area contributed by atoms with Gasteiger partial charge in [0, 0.05) is 5.70 Å². The highest BCUT2D eigenvalue weighted by Gasteiger charge is 2.35. The van der Waals surface area contributed by atoms with E-state index in [4.69, 9.17) is 25.8 Å². The van der Waals surface area contributed by atoms with Gasteiger partial charge in [-0.15, -0.1) is 0 Å². The lowest BCUT2D eigenvalue weighted by Crippen LogP contribution is -2.29. The van der Waals surface area contributed by atoms with Crippen LogP contribution < -0.4 is 14.8 Å². The number of esters is 1. The molecule has 0 radical (unpaired) electrons. The van der Waals surface area contributed by atoms with Crippen LogP contribution in [0.25, 0.3) is 0 Å². The summed E-state index contributed by atoms with van der Waals surface area (Å²) < 4.78 is 17.2. The zero-order chi connectivity index (χ0) is 18.1. The minimum Gasteiger partial charge on any atom is -0.493 e. The molecule has 0 bridgehead atoms. The Morgan fingerprint density at radius 3 is 2.68 bits per heavy atom. The van der Waals surface area contributed by atoms with Gasteiger partial charge < -0.3 is 19.5 Å². The van der Waals surface area contributed by atoms with Gasteiger partial charge >= 0.3 is 5.97 Å². The number of benzene rings is 1. The number of nitrogens with one attached hydrogen (secondary N) is 1. The second kappa shape index (κ2) is 6.64. The topological polar surface area (TPSA) is 87.5 Å². The standard InChI is InChI=1S/C16H17ClN4O4/c1-8-12(15(22)25-4)13(21-16(20-8)18-7-19-21)9-5-10(17)14(24-3)11(6-9)23-2/h5-7,13H,1-4H3,(H,18,19,20). The third-order valence-corrected chi connectivity index (χ3v) is 4.25. The summed E-state index contributed by atoms with van der Waals surface area (Å²) in [6.45, 7) is 1.78. The number of allylic oxidation sites excluding steroid dienone is 1. The van der Waals surface area contributed by atoms with Crippen LogP contribution in [0.5, 0.6) is 11.5 Å². The van der Waals surface area contributed by atoms with Crippen LogP contribution in [-0.4, -0.2) is 42.1 Å². The Bertz CT molecular complexity index is 862. The summed E-state index contributed by atoms with van der Waals surface area (Å²) >= 11 is 6.33. The van der Waals surface area contributed by atoms with Crippen LogP contribution in [0.15, 0.2) is 29.7 Å². The van der Waals surface area contributed by atoms with Crippen molar-refractivity contribution in [1.29, 1.82) is 0 Å². The van der Waals surface area contributed by atoms with Crippen LogP contribution in [0.2, 0.25) is 5.02 Å². The van der Waals surface area contributed by atoms with Crippen molar-refractivity contribution < 1.29 is 19.0 Å². The van der Waals surface area contributed by atoms with Gasteiger partial charge in [0.15, 0.2) is 11.5 Å². The molecular formula is C16H17ClN4O4. The highest BCUT2D eigenvalue weighted by atomic mass is 35.5. The summed E-state index contributed by atoms with van der Waals surface area (Å²) in [5, 5.41) is 7.64. The summed E-state index contributed by atoms with van der Waals surface area (Å²) in [6.07, 6.45) is 1.41. The number of hydrogen-bond donors (Lipinski definition) is 1. The van der Waals surface area contributed by atoms with E-state index in [2.05, 4.69) is 15.4 Å². The summed E-state index contributed by atoms with van der Waals surface area (Å²) in [5.74, 6) is 0.913. The Kier molecular flexibility index (Phi) is 4.54. The quantitative estimate of drug-likeness (QED) is 0.833. The molecule has 1 atom stereocenters. The van der Waals surface area contributed by atoms with Crippen LogP contribution in [0.1, 0.15) is 18.5 Å². The summed E-state index contributed by atoms with van der Waals surface area (Å²) in [4.78, 5) is 16.6. The molecule has 0 fully saturated rings. The van der Waals surface area contributed by atoms with Crippen LogP contribution in [0, 0.1) is 0 Å². The number of halogens is 1.